The Kier molecular flexibility index (Phi) is 4.40. The summed E-state index contributed by atoms with van der Waals surface area (Å²) >= 11 is 0. The highest BCUT2D eigenvalue weighted by molar-refractivity contribution is 5.13. The van der Waals surface area contributed by atoms with Gasteiger partial charge in [-0.2, -0.15) is 10.5 Å². The second kappa shape index (κ2) is 6.63. The van der Waals surface area contributed by atoms with Crippen molar-refractivity contribution in [2.45, 2.75) is 44.2 Å². The molecule has 1 fully saturated rings. The molecule has 1 aromatic carbocycles. The van der Waals surface area contributed by atoms with E-state index < -0.39 is 0 Å². The van der Waals surface area contributed by atoms with Gasteiger partial charge < -0.3 is 4.52 Å². The lowest BCUT2D eigenvalue weighted by atomic mass is 9.86. The Morgan fingerprint density at radius 1 is 1.15 bits per heavy atom. The number of nitrogens with one attached hydrogen (secondary N) is 1. The van der Waals surface area contributed by atoms with Crippen LogP contribution in [0.15, 0.2) is 41.2 Å². The van der Waals surface area contributed by atoms with Crippen molar-refractivity contribution in [1.82, 2.24) is 15.6 Å². The van der Waals surface area contributed by atoms with Crippen molar-refractivity contribution in [3.05, 3.63) is 48.1 Å². The van der Waals surface area contributed by atoms with Gasteiger partial charge in [0.15, 0.2) is 5.82 Å². The van der Waals surface area contributed by atoms with Gasteiger partial charge in [-0.3, -0.25) is 4.84 Å². The van der Waals surface area contributed by atoms with E-state index in [-0.39, 0.29) is 0 Å². The van der Waals surface area contributed by atoms with Crippen LogP contribution in [0.5, 0.6) is 0 Å². The number of rotatable bonds is 5. The molecule has 2 aromatic rings. The molecule has 0 saturated heterocycles. The molecule has 1 aliphatic rings. The average Bonchev–Trinajstić information content (AvgIpc) is 3.03. The van der Waals surface area contributed by atoms with Gasteiger partial charge in [-0.15, -0.1) is 0 Å². The molecule has 1 aliphatic carbocycles. The Morgan fingerprint density at radius 3 is 2.65 bits per heavy atom. The first kappa shape index (κ1) is 13.3. The van der Waals surface area contributed by atoms with Gasteiger partial charge in [-0.05, 0) is 31.2 Å². The van der Waals surface area contributed by atoms with E-state index in [1.807, 2.05) is 18.2 Å². The highest BCUT2D eigenvalue weighted by Crippen LogP contribution is 2.30. The molecule has 0 amide bonds. The molecule has 0 radical (unpaired) electrons. The van der Waals surface area contributed by atoms with Crippen LogP contribution in [0.2, 0.25) is 0 Å². The normalized spacial score (nSPS) is 22.8. The van der Waals surface area contributed by atoms with Crippen LogP contribution in [-0.2, 0) is 11.4 Å². The molecule has 1 heterocycles. The van der Waals surface area contributed by atoms with Crippen molar-refractivity contribution in [2.75, 3.05) is 0 Å². The molecule has 1 aromatic heterocycles. The molecular formula is C15H19N3O2. The van der Waals surface area contributed by atoms with Crippen LogP contribution in [0.25, 0.3) is 0 Å². The lowest BCUT2D eigenvalue weighted by Gasteiger charge is -2.27. The molecule has 0 atom stereocenters. The van der Waals surface area contributed by atoms with Crippen molar-refractivity contribution in [2.24, 2.45) is 0 Å². The van der Waals surface area contributed by atoms with E-state index in [0.29, 0.717) is 18.6 Å². The maximum atomic E-state index is 5.59. The molecule has 0 unspecified atom stereocenters. The molecule has 0 bridgehead atoms. The van der Waals surface area contributed by atoms with E-state index in [0.717, 1.165) is 31.5 Å². The third-order valence-electron chi connectivity index (χ3n) is 3.80. The second-order valence-corrected chi connectivity index (χ2v) is 5.23. The highest BCUT2D eigenvalue weighted by atomic mass is 16.6. The van der Waals surface area contributed by atoms with Gasteiger partial charge >= 0.3 is 0 Å². The van der Waals surface area contributed by atoms with Gasteiger partial charge in [0.2, 0.25) is 6.39 Å². The molecule has 0 aliphatic heterocycles. The van der Waals surface area contributed by atoms with E-state index in [4.69, 9.17) is 9.36 Å². The molecule has 20 heavy (non-hydrogen) atoms. The second-order valence-electron chi connectivity index (χ2n) is 5.23. The molecular weight excluding hydrogens is 254 g/mol. The summed E-state index contributed by atoms with van der Waals surface area (Å²) in [5.41, 5.74) is 4.35. The summed E-state index contributed by atoms with van der Waals surface area (Å²) in [6, 6.07) is 10.6. The molecule has 5 nitrogen and oxygen atoms in total. The van der Waals surface area contributed by atoms with Crippen molar-refractivity contribution >= 4 is 0 Å². The van der Waals surface area contributed by atoms with Crippen LogP contribution < -0.4 is 5.48 Å². The van der Waals surface area contributed by atoms with Crippen molar-refractivity contribution < 1.29 is 9.36 Å². The minimum Gasteiger partial charge on any atom is -0.343 e. The summed E-state index contributed by atoms with van der Waals surface area (Å²) in [5, 5.41) is 3.93. The SMILES string of the molecule is c1ccc(CONC2CCC(c3ncon3)CC2)cc1. The fourth-order valence-electron chi connectivity index (χ4n) is 2.65. The maximum absolute atomic E-state index is 5.59. The summed E-state index contributed by atoms with van der Waals surface area (Å²) in [5.74, 6) is 1.27. The van der Waals surface area contributed by atoms with Crippen LogP contribution in [-0.4, -0.2) is 16.2 Å². The zero-order valence-corrected chi connectivity index (χ0v) is 11.4. The molecule has 106 valence electrons. The van der Waals surface area contributed by atoms with E-state index in [1.165, 1.54) is 12.0 Å². The maximum Gasteiger partial charge on any atom is 0.213 e. The Balaban J connectivity index is 1.39. The highest BCUT2D eigenvalue weighted by Gasteiger charge is 2.24. The van der Waals surface area contributed by atoms with Gasteiger partial charge in [-0.1, -0.05) is 35.5 Å². The largest absolute Gasteiger partial charge is 0.343 e. The van der Waals surface area contributed by atoms with E-state index in [2.05, 4.69) is 27.8 Å². The number of hydroxylamine groups is 1. The van der Waals surface area contributed by atoms with Gasteiger partial charge in [0.1, 0.15) is 0 Å². The lowest BCUT2D eigenvalue weighted by Crippen LogP contribution is -2.32. The van der Waals surface area contributed by atoms with E-state index in [9.17, 15) is 0 Å². The standard InChI is InChI=1S/C15H19N3O2/c1-2-4-12(5-3-1)10-19-17-14-8-6-13(7-9-14)15-16-11-20-18-15/h1-5,11,13-14,17H,6-10H2. The minimum absolute atomic E-state index is 0.418. The molecule has 5 heteroatoms. The van der Waals surface area contributed by atoms with Gasteiger partial charge in [0, 0.05) is 12.0 Å². The van der Waals surface area contributed by atoms with Crippen molar-refractivity contribution in [3.63, 3.8) is 0 Å². The summed E-state index contributed by atoms with van der Waals surface area (Å²) in [6.07, 6.45) is 5.71. The first-order valence-electron chi connectivity index (χ1n) is 7.09. The number of hydrogen-bond acceptors (Lipinski definition) is 5. The Morgan fingerprint density at radius 2 is 1.95 bits per heavy atom. The molecule has 0 spiro atoms. The van der Waals surface area contributed by atoms with Crippen LogP contribution in [0.3, 0.4) is 0 Å². The Labute approximate surface area is 118 Å². The number of hydrogen-bond donors (Lipinski definition) is 1. The fourth-order valence-corrected chi connectivity index (χ4v) is 2.65. The average molecular weight is 273 g/mol. The van der Waals surface area contributed by atoms with Crippen LogP contribution in [0, 0.1) is 0 Å². The molecule has 1 N–H and O–H groups in total. The fraction of sp³-hybridized carbons (Fsp3) is 0.467. The number of benzene rings is 1. The number of nitrogens with zero attached hydrogens (tertiary/aromatic N) is 2. The topological polar surface area (TPSA) is 60.2 Å². The predicted molar refractivity (Wildman–Crippen MR) is 73.7 cm³/mol. The summed E-state index contributed by atoms with van der Waals surface area (Å²) in [7, 11) is 0. The minimum atomic E-state index is 0.418. The van der Waals surface area contributed by atoms with Crippen LogP contribution in [0.4, 0.5) is 0 Å². The predicted octanol–water partition coefficient (Wildman–Crippen LogP) is 2.82. The van der Waals surface area contributed by atoms with Gasteiger partial charge in [0.25, 0.3) is 0 Å². The third-order valence-corrected chi connectivity index (χ3v) is 3.80. The first-order valence-corrected chi connectivity index (χ1v) is 7.09. The lowest BCUT2D eigenvalue weighted by molar-refractivity contribution is -0.00603. The summed E-state index contributed by atoms with van der Waals surface area (Å²) in [6.45, 7) is 0.603. The monoisotopic (exact) mass is 273 g/mol. The number of aromatic nitrogens is 2. The summed E-state index contributed by atoms with van der Waals surface area (Å²) < 4.78 is 4.81. The summed E-state index contributed by atoms with van der Waals surface area (Å²) in [4.78, 5) is 9.72. The molecule has 1 saturated carbocycles. The van der Waals surface area contributed by atoms with Gasteiger partial charge in [-0.25, -0.2) is 0 Å². The Hall–Kier alpha value is -1.72. The Bertz CT molecular complexity index is 493. The first-order chi connectivity index (χ1) is 9.92. The third kappa shape index (κ3) is 3.43. The van der Waals surface area contributed by atoms with E-state index in [1.54, 1.807) is 0 Å². The van der Waals surface area contributed by atoms with Crippen molar-refractivity contribution in [1.29, 1.82) is 0 Å². The van der Waals surface area contributed by atoms with Crippen LogP contribution >= 0.6 is 0 Å². The zero-order valence-electron chi connectivity index (χ0n) is 11.4. The van der Waals surface area contributed by atoms with Gasteiger partial charge in [0.05, 0.1) is 6.61 Å². The zero-order chi connectivity index (χ0) is 13.6. The van der Waals surface area contributed by atoms with E-state index >= 15 is 0 Å². The quantitative estimate of drug-likeness (QED) is 0.849. The van der Waals surface area contributed by atoms with Crippen LogP contribution in [0.1, 0.15) is 43.0 Å². The molecule has 3 rings (SSSR count). The van der Waals surface area contributed by atoms with Crippen molar-refractivity contribution in [3.8, 4) is 0 Å². The smallest absolute Gasteiger partial charge is 0.213 e.